The summed E-state index contributed by atoms with van der Waals surface area (Å²) in [5.41, 5.74) is -0.132. The number of carboxylic acid groups (broad SMARTS) is 1. The van der Waals surface area contributed by atoms with Crippen LogP contribution < -0.4 is 0 Å². The van der Waals surface area contributed by atoms with E-state index in [4.69, 9.17) is 5.11 Å². The van der Waals surface area contributed by atoms with E-state index in [1.54, 1.807) is 13.0 Å². The molecule has 0 saturated heterocycles. The van der Waals surface area contributed by atoms with Crippen LogP contribution in [-0.2, 0) is 5.60 Å². The van der Waals surface area contributed by atoms with Crippen molar-refractivity contribution in [3.05, 3.63) is 59.9 Å². The summed E-state index contributed by atoms with van der Waals surface area (Å²) in [5, 5.41) is 19.4. The van der Waals surface area contributed by atoms with Crippen LogP contribution >= 0.6 is 11.8 Å². The molecule has 1 heterocycles. The summed E-state index contributed by atoms with van der Waals surface area (Å²) in [6.07, 6.45) is 1.46. The van der Waals surface area contributed by atoms with E-state index in [1.165, 1.54) is 24.0 Å². The maximum absolute atomic E-state index is 10.9. The zero-order valence-corrected chi connectivity index (χ0v) is 11.8. The fourth-order valence-corrected chi connectivity index (χ4v) is 2.69. The van der Waals surface area contributed by atoms with Crippen molar-refractivity contribution in [2.45, 2.75) is 17.4 Å². The zero-order valence-electron chi connectivity index (χ0n) is 11.0. The van der Waals surface area contributed by atoms with Gasteiger partial charge in [0, 0.05) is 16.8 Å². The van der Waals surface area contributed by atoms with Crippen molar-refractivity contribution >= 4 is 17.7 Å². The molecule has 1 aromatic heterocycles. The van der Waals surface area contributed by atoms with Gasteiger partial charge in [0.15, 0.2) is 0 Å². The number of hydrogen-bond acceptors (Lipinski definition) is 4. The highest BCUT2D eigenvalue weighted by molar-refractivity contribution is 7.99. The Morgan fingerprint density at radius 3 is 2.65 bits per heavy atom. The number of thioether (sulfide) groups is 1. The molecule has 4 nitrogen and oxygen atoms in total. The highest BCUT2D eigenvalue weighted by atomic mass is 32.2. The number of carbonyl (C=O) groups is 1. The van der Waals surface area contributed by atoms with E-state index >= 15 is 0 Å². The molecule has 1 atom stereocenters. The number of aromatic carboxylic acids is 1. The van der Waals surface area contributed by atoms with Crippen molar-refractivity contribution < 1.29 is 15.0 Å². The Labute approximate surface area is 121 Å². The van der Waals surface area contributed by atoms with E-state index in [9.17, 15) is 9.90 Å². The molecule has 1 aromatic carbocycles. The van der Waals surface area contributed by atoms with Crippen LogP contribution in [0.5, 0.6) is 0 Å². The number of pyridine rings is 1. The normalized spacial score (nSPS) is 13.7. The first-order valence-corrected chi connectivity index (χ1v) is 7.08. The minimum absolute atomic E-state index is 0.00866. The van der Waals surface area contributed by atoms with Gasteiger partial charge < -0.3 is 10.2 Å². The van der Waals surface area contributed by atoms with Crippen LogP contribution in [0.1, 0.15) is 23.0 Å². The molecule has 0 aliphatic heterocycles. The minimum Gasteiger partial charge on any atom is -0.477 e. The van der Waals surface area contributed by atoms with Crippen LogP contribution in [0, 0.1) is 0 Å². The van der Waals surface area contributed by atoms with E-state index in [0.29, 0.717) is 5.75 Å². The summed E-state index contributed by atoms with van der Waals surface area (Å²) in [4.78, 5) is 15.4. The molecule has 104 valence electrons. The monoisotopic (exact) mass is 289 g/mol. The van der Waals surface area contributed by atoms with Gasteiger partial charge >= 0.3 is 5.97 Å². The fraction of sp³-hybridized carbons (Fsp3) is 0.200. The molecule has 0 saturated carbocycles. The predicted octanol–water partition coefficient (Wildman–Crippen LogP) is 2.78. The van der Waals surface area contributed by atoms with Crippen molar-refractivity contribution in [1.29, 1.82) is 0 Å². The first-order valence-electron chi connectivity index (χ1n) is 6.09. The Balaban J connectivity index is 2.08. The lowest BCUT2D eigenvalue weighted by atomic mass is 9.99. The van der Waals surface area contributed by atoms with E-state index in [0.717, 1.165) is 10.5 Å². The van der Waals surface area contributed by atoms with E-state index < -0.39 is 11.6 Å². The second-order valence-electron chi connectivity index (χ2n) is 4.61. The number of aliphatic hydroxyl groups is 1. The number of benzene rings is 1. The molecule has 0 aliphatic carbocycles. The van der Waals surface area contributed by atoms with Crippen LogP contribution in [0.25, 0.3) is 0 Å². The summed E-state index contributed by atoms with van der Waals surface area (Å²) in [5.74, 6) is -0.623. The Morgan fingerprint density at radius 1 is 1.30 bits per heavy atom. The number of nitrogens with zero attached hydrogens (tertiary/aromatic N) is 1. The van der Waals surface area contributed by atoms with Crippen molar-refractivity contribution in [2.24, 2.45) is 0 Å². The summed E-state index contributed by atoms with van der Waals surface area (Å²) < 4.78 is 0. The Morgan fingerprint density at radius 2 is 2.00 bits per heavy atom. The Kier molecular flexibility index (Phi) is 4.42. The maximum atomic E-state index is 10.9. The van der Waals surface area contributed by atoms with Gasteiger partial charge in [0.25, 0.3) is 0 Å². The second-order valence-corrected chi connectivity index (χ2v) is 5.66. The van der Waals surface area contributed by atoms with Gasteiger partial charge in [-0.15, -0.1) is 11.8 Å². The summed E-state index contributed by atoms with van der Waals surface area (Å²) in [6, 6.07) is 12.6. The standard InChI is InChI=1S/C15H15NO3S/c1-15(19,11-5-3-2-4-6-11)10-20-12-7-8-16-13(9-12)14(17)18/h2-9,19H,10H2,1H3,(H,17,18). The number of hydrogen-bond donors (Lipinski definition) is 2. The quantitative estimate of drug-likeness (QED) is 0.828. The molecule has 1 unspecified atom stereocenters. The van der Waals surface area contributed by atoms with Gasteiger partial charge in [-0.05, 0) is 24.6 Å². The second kappa shape index (κ2) is 6.07. The van der Waals surface area contributed by atoms with Crippen molar-refractivity contribution in [3.8, 4) is 0 Å². The van der Waals surface area contributed by atoms with Gasteiger partial charge in [0.05, 0.1) is 5.60 Å². The lowest BCUT2D eigenvalue weighted by Crippen LogP contribution is -2.24. The molecular formula is C15H15NO3S. The third kappa shape index (κ3) is 3.59. The lowest BCUT2D eigenvalue weighted by Gasteiger charge is -2.23. The molecule has 2 rings (SSSR count). The molecule has 0 spiro atoms. The minimum atomic E-state index is -1.05. The molecule has 2 aromatic rings. The van der Waals surface area contributed by atoms with Gasteiger partial charge in [0.1, 0.15) is 5.69 Å². The molecule has 0 amide bonds. The zero-order chi connectivity index (χ0) is 14.6. The van der Waals surface area contributed by atoms with Crippen LogP contribution in [0.2, 0.25) is 0 Å². The highest BCUT2D eigenvalue weighted by Gasteiger charge is 2.23. The summed E-state index contributed by atoms with van der Waals surface area (Å²) >= 11 is 1.40. The van der Waals surface area contributed by atoms with Crippen LogP contribution in [0.15, 0.2) is 53.6 Å². The van der Waals surface area contributed by atoms with Gasteiger partial charge in [-0.25, -0.2) is 9.78 Å². The van der Waals surface area contributed by atoms with Gasteiger partial charge in [0.2, 0.25) is 0 Å². The van der Waals surface area contributed by atoms with Crippen molar-refractivity contribution in [3.63, 3.8) is 0 Å². The van der Waals surface area contributed by atoms with E-state index in [2.05, 4.69) is 4.98 Å². The van der Waals surface area contributed by atoms with Crippen LogP contribution in [-0.4, -0.2) is 26.9 Å². The number of rotatable bonds is 5. The fourth-order valence-electron chi connectivity index (χ4n) is 1.72. The first kappa shape index (κ1) is 14.6. The SMILES string of the molecule is CC(O)(CSc1ccnc(C(=O)O)c1)c1ccccc1. The number of carboxylic acids is 1. The van der Waals surface area contributed by atoms with Crippen molar-refractivity contribution in [1.82, 2.24) is 4.98 Å². The molecule has 5 heteroatoms. The molecule has 0 radical (unpaired) electrons. The summed E-state index contributed by atoms with van der Waals surface area (Å²) in [6.45, 7) is 1.74. The predicted molar refractivity (Wildman–Crippen MR) is 77.9 cm³/mol. The third-order valence-electron chi connectivity index (χ3n) is 2.87. The molecule has 0 fully saturated rings. The van der Waals surface area contributed by atoms with Gasteiger partial charge in [-0.2, -0.15) is 0 Å². The average molecular weight is 289 g/mol. The van der Waals surface area contributed by atoms with E-state index in [-0.39, 0.29) is 5.69 Å². The number of aromatic nitrogens is 1. The van der Waals surface area contributed by atoms with Gasteiger partial charge in [-0.1, -0.05) is 30.3 Å². The summed E-state index contributed by atoms with van der Waals surface area (Å²) in [7, 11) is 0. The topological polar surface area (TPSA) is 70.4 Å². The largest absolute Gasteiger partial charge is 0.477 e. The molecular weight excluding hydrogens is 274 g/mol. The van der Waals surface area contributed by atoms with Gasteiger partial charge in [-0.3, -0.25) is 0 Å². The van der Waals surface area contributed by atoms with Crippen LogP contribution in [0.4, 0.5) is 0 Å². The molecule has 2 N–H and O–H groups in total. The van der Waals surface area contributed by atoms with Crippen LogP contribution in [0.3, 0.4) is 0 Å². The average Bonchev–Trinajstić information content (AvgIpc) is 2.46. The maximum Gasteiger partial charge on any atom is 0.354 e. The molecule has 0 bridgehead atoms. The molecule has 0 aliphatic rings. The Bertz CT molecular complexity index is 599. The Hall–Kier alpha value is -1.85. The smallest absolute Gasteiger partial charge is 0.354 e. The first-order chi connectivity index (χ1) is 9.49. The lowest BCUT2D eigenvalue weighted by molar-refractivity contribution is 0.0690. The highest BCUT2D eigenvalue weighted by Crippen LogP contribution is 2.29. The van der Waals surface area contributed by atoms with Crippen molar-refractivity contribution in [2.75, 3.05) is 5.75 Å². The third-order valence-corrected chi connectivity index (χ3v) is 4.16. The van der Waals surface area contributed by atoms with E-state index in [1.807, 2.05) is 30.3 Å². The molecule has 20 heavy (non-hydrogen) atoms.